The van der Waals surface area contributed by atoms with Gasteiger partial charge in [-0.15, -0.1) is 4.37 Å². The third-order valence-electron chi connectivity index (χ3n) is 5.67. The van der Waals surface area contributed by atoms with Gasteiger partial charge >= 0.3 is 12.1 Å². The van der Waals surface area contributed by atoms with E-state index in [9.17, 15) is 9.18 Å². The zero-order valence-corrected chi connectivity index (χ0v) is 20.5. The highest BCUT2D eigenvalue weighted by atomic mass is 32.1. The number of carbonyl (C=O) groups is 1. The fraction of sp³-hybridized carbons (Fsp3) is 0.870. The Morgan fingerprint density at radius 2 is 1.39 bits per heavy atom. The molecule has 3 N–H and O–H groups in total. The molecule has 0 aliphatic heterocycles. The van der Waals surface area contributed by atoms with E-state index in [0.717, 1.165) is 18.0 Å². The number of rotatable bonds is 20. The molecule has 2 amide bonds. The number of unbranched alkanes of at least 4 members (excludes halogenated alkanes) is 12. The van der Waals surface area contributed by atoms with E-state index >= 15 is 0 Å². The van der Waals surface area contributed by atoms with Gasteiger partial charge < -0.3 is 5.32 Å². The van der Waals surface area contributed by atoms with E-state index in [4.69, 9.17) is 0 Å². The van der Waals surface area contributed by atoms with Gasteiger partial charge in [-0.2, -0.15) is 9.37 Å². The Hall–Kier alpha value is -1.44. The lowest BCUT2D eigenvalue weighted by molar-refractivity contribution is 0.239. The van der Waals surface area contributed by atoms with Gasteiger partial charge in [0.15, 0.2) is 0 Å². The van der Waals surface area contributed by atoms with E-state index in [2.05, 4.69) is 39.4 Å². The van der Waals surface area contributed by atoms with Gasteiger partial charge in [-0.05, 0) is 18.8 Å². The summed E-state index contributed by atoms with van der Waals surface area (Å²) in [5, 5.41) is 3.18. The molecule has 31 heavy (non-hydrogen) atoms. The summed E-state index contributed by atoms with van der Waals surface area (Å²) in [6, 6.07) is -0.320. The van der Waals surface area contributed by atoms with E-state index in [-0.39, 0.29) is 11.2 Å². The van der Waals surface area contributed by atoms with Gasteiger partial charge in [-0.1, -0.05) is 104 Å². The minimum Gasteiger partial charge on any atom is -0.336 e. The minimum atomic E-state index is -0.793. The molecule has 0 spiro atoms. The zero-order valence-electron chi connectivity index (χ0n) is 19.7. The van der Waals surface area contributed by atoms with Crippen molar-refractivity contribution in [3.05, 3.63) is 6.08 Å². The molecule has 0 radical (unpaired) electrons. The molecule has 0 fully saturated rings. The van der Waals surface area contributed by atoms with Crippen molar-refractivity contribution in [1.29, 1.82) is 0 Å². The van der Waals surface area contributed by atoms with Gasteiger partial charge in [0.05, 0.1) is 0 Å². The van der Waals surface area contributed by atoms with Crippen LogP contribution in [0, 0.1) is 12.0 Å². The van der Waals surface area contributed by atoms with E-state index in [1.165, 1.54) is 96.3 Å². The van der Waals surface area contributed by atoms with E-state index in [1.54, 1.807) is 0 Å². The quantitative estimate of drug-likeness (QED) is 0.143. The fourth-order valence-electron chi connectivity index (χ4n) is 3.78. The molecule has 0 bridgehead atoms. The van der Waals surface area contributed by atoms with Crippen molar-refractivity contribution >= 4 is 22.7 Å². The number of nitrogens with zero attached hydrogens (tertiary/aromatic N) is 2. The first-order chi connectivity index (χ1) is 15.2. The number of amides is 2. The van der Waals surface area contributed by atoms with E-state index in [0.29, 0.717) is 12.5 Å². The number of hydrogen-bond acceptors (Lipinski definition) is 5. The summed E-state index contributed by atoms with van der Waals surface area (Å²) >= 11 is 0.867. The lowest BCUT2D eigenvalue weighted by atomic mass is 9.94. The maximum absolute atomic E-state index is 12.8. The molecule has 0 aliphatic carbocycles. The van der Waals surface area contributed by atoms with Crippen LogP contribution in [-0.2, 0) is 0 Å². The van der Waals surface area contributed by atoms with Crippen molar-refractivity contribution in [2.45, 2.75) is 117 Å². The lowest BCUT2D eigenvalue weighted by Crippen LogP contribution is -2.41. The van der Waals surface area contributed by atoms with Crippen LogP contribution in [0.1, 0.15) is 117 Å². The van der Waals surface area contributed by atoms with Crippen LogP contribution in [0.3, 0.4) is 0 Å². The van der Waals surface area contributed by atoms with Crippen LogP contribution in [0.25, 0.3) is 0 Å². The Labute approximate surface area is 192 Å². The summed E-state index contributed by atoms with van der Waals surface area (Å²) in [5.41, 5.74) is 5.08. The molecule has 0 saturated heterocycles. The first-order valence-electron chi connectivity index (χ1n) is 12.4. The molecule has 1 atom stereocenters. The van der Waals surface area contributed by atoms with Crippen molar-refractivity contribution in [3.63, 3.8) is 0 Å². The second-order valence-electron chi connectivity index (χ2n) is 8.51. The Bertz CT molecular complexity index is 558. The standard InChI is InChI=1S/C23H44FN5OS/c1-3-5-7-9-11-12-14-16-18-20(17-15-13-10-8-6-4-2)19-25-22(30)27-28-23-26-21(24)29-31-23/h20H,3-19H2,1-2H3,(H2,25,27,30)(H,26,28,29). The van der Waals surface area contributed by atoms with E-state index in [1.807, 2.05) is 0 Å². The monoisotopic (exact) mass is 457 g/mol. The predicted molar refractivity (Wildman–Crippen MR) is 129 cm³/mol. The Morgan fingerprint density at radius 3 is 1.87 bits per heavy atom. The third kappa shape index (κ3) is 15.9. The minimum absolute atomic E-state index is 0.232. The number of hydrazine groups is 1. The number of nitrogens with one attached hydrogen (secondary N) is 3. The predicted octanol–water partition coefficient (Wildman–Crippen LogP) is 7.20. The molecule has 1 aromatic rings. The Morgan fingerprint density at radius 1 is 0.871 bits per heavy atom. The number of hydrogen-bond donors (Lipinski definition) is 3. The Kier molecular flexibility index (Phi) is 17.1. The summed E-state index contributed by atoms with van der Waals surface area (Å²) in [6.45, 7) is 5.17. The molecule has 180 valence electrons. The molecule has 1 unspecified atom stereocenters. The number of halogens is 1. The van der Waals surface area contributed by atoms with Crippen LogP contribution in [0.5, 0.6) is 0 Å². The molecular weight excluding hydrogens is 413 g/mol. The van der Waals surface area contributed by atoms with Crippen molar-refractivity contribution in [1.82, 2.24) is 20.1 Å². The van der Waals surface area contributed by atoms with Crippen molar-refractivity contribution in [3.8, 4) is 0 Å². The van der Waals surface area contributed by atoms with E-state index < -0.39 is 6.08 Å². The summed E-state index contributed by atoms with van der Waals surface area (Å²) in [5.74, 6) is 0.510. The van der Waals surface area contributed by atoms with Crippen LogP contribution in [-0.4, -0.2) is 21.9 Å². The first-order valence-corrected chi connectivity index (χ1v) is 13.2. The average Bonchev–Trinajstić information content (AvgIpc) is 3.19. The van der Waals surface area contributed by atoms with Crippen molar-refractivity contribution in [2.75, 3.05) is 12.0 Å². The molecule has 1 aromatic heterocycles. The highest BCUT2D eigenvalue weighted by Gasteiger charge is 2.11. The number of aromatic nitrogens is 2. The van der Waals surface area contributed by atoms with Gasteiger partial charge in [0.1, 0.15) is 0 Å². The normalized spacial score (nSPS) is 12.0. The van der Waals surface area contributed by atoms with Gasteiger partial charge in [0.2, 0.25) is 5.13 Å². The second kappa shape index (κ2) is 19.3. The molecule has 8 heteroatoms. The maximum Gasteiger partial charge on any atom is 0.333 e. The largest absolute Gasteiger partial charge is 0.336 e. The van der Waals surface area contributed by atoms with Gasteiger partial charge in [0, 0.05) is 18.1 Å². The molecule has 1 heterocycles. The summed E-state index contributed by atoms with van der Waals surface area (Å²) in [4.78, 5) is 15.6. The van der Waals surface area contributed by atoms with Gasteiger partial charge in [-0.25, -0.2) is 10.2 Å². The molecule has 0 saturated carbocycles. The topological polar surface area (TPSA) is 78.9 Å². The summed E-state index contributed by atoms with van der Waals surface area (Å²) in [7, 11) is 0. The molecule has 6 nitrogen and oxygen atoms in total. The van der Waals surface area contributed by atoms with Gasteiger partial charge in [0.25, 0.3) is 0 Å². The maximum atomic E-state index is 12.8. The smallest absolute Gasteiger partial charge is 0.333 e. The highest BCUT2D eigenvalue weighted by molar-refractivity contribution is 7.09. The SMILES string of the molecule is CCCCCCCCCCC(CCCCCCCC)CNC(=O)NNc1nc(F)ns1. The molecule has 0 aliphatic rings. The van der Waals surface area contributed by atoms with Crippen molar-refractivity contribution in [2.24, 2.45) is 5.92 Å². The fourth-order valence-corrected chi connectivity index (χ4v) is 4.19. The average molecular weight is 458 g/mol. The molecule has 1 rings (SSSR count). The van der Waals surface area contributed by atoms with Crippen LogP contribution in [0.2, 0.25) is 0 Å². The van der Waals surface area contributed by atoms with Gasteiger partial charge in [-0.3, -0.25) is 5.43 Å². The third-order valence-corrected chi connectivity index (χ3v) is 6.28. The molecular formula is C23H44FN5OS. The highest BCUT2D eigenvalue weighted by Crippen LogP contribution is 2.19. The summed E-state index contributed by atoms with van der Waals surface area (Å²) < 4.78 is 16.2. The second-order valence-corrected chi connectivity index (χ2v) is 9.27. The van der Waals surface area contributed by atoms with Crippen molar-refractivity contribution < 1.29 is 9.18 Å². The summed E-state index contributed by atoms with van der Waals surface area (Å²) in [6.07, 6.45) is 19.9. The Balaban J connectivity index is 2.23. The first kappa shape index (κ1) is 27.6. The zero-order chi connectivity index (χ0) is 22.6. The van der Waals surface area contributed by atoms with Crippen LogP contribution in [0.4, 0.5) is 14.3 Å². The number of carbonyl (C=O) groups excluding carboxylic acids is 1. The molecule has 0 aromatic carbocycles. The number of urea groups is 1. The van der Waals surface area contributed by atoms with Crippen LogP contribution in [0.15, 0.2) is 0 Å². The number of anilines is 1. The lowest BCUT2D eigenvalue weighted by Gasteiger charge is -2.18. The van der Waals surface area contributed by atoms with Crippen LogP contribution < -0.4 is 16.2 Å². The van der Waals surface area contributed by atoms with Crippen LogP contribution >= 0.6 is 11.5 Å².